The molecular formula is C24H21NO5. The molecule has 1 fully saturated rings. The fraction of sp³-hybridized carbons (Fsp3) is 0.167. The van der Waals surface area contributed by atoms with E-state index in [2.05, 4.69) is 0 Å². The third-order valence-electron chi connectivity index (χ3n) is 5.27. The van der Waals surface area contributed by atoms with Crippen molar-refractivity contribution in [2.75, 3.05) is 0 Å². The second kappa shape index (κ2) is 7.91. The molecule has 152 valence electrons. The van der Waals surface area contributed by atoms with Gasteiger partial charge in [-0.15, -0.1) is 0 Å². The summed E-state index contributed by atoms with van der Waals surface area (Å²) in [4.78, 5) is 27.2. The van der Waals surface area contributed by atoms with E-state index in [0.29, 0.717) is 16.9 Å². The van der Waals surface area contributed by atoms with E-state index in [1.807, 2.05) is 19.1 Å². The lowest BCUT2D eigenvalue weighted by Crippen LogP contribution is -2.29. The van der Waals surface area contributed by atoms with Gasteiger partial charge in [0.2, 0.25) is 0 Å². The summed E-state index contributed by atoms with van der Waals surface area (Å²) in [5, 5.41) is 21.0. The highest BCUT2D eigenvalue weighted by atomic mass is 16.3. The Morgan fingerprint density at radius 3 is 2.47 bits per heavy atom. The maximum absolute atomic E-state index is 12.9. The van der Waals surface area contributed by atoms with Crippen LogP contribution in [0.25, 0.3) is 5.76 Å². The van der Waals surface area contributed by atoms with Crippen LogP contribution in [-0.4, -0.2) is 26.8 Å². The molecule has 0 spiro atoms. The van der Waals surface area contributed by atoms with Crippen molar-refractivity contribution < 1.29 is 24.2 Å². The van der Waals surface area contributed by atoms with E-state index in [9.17, 15) is 19.8 Å². The van der Waals surface area contributed by atoms with Gasteiger partial charge in [0.25, 0.3) is 11.7 Å². The number of likely N-dealkylation sites (tertiary alicyclic amines) is 1. The highest BCUT2D eigenvalue weighted by Crippen LogP contribution is 2.41. The van der Waals surface area contributed by atoms with Gasteiger partial charge in [0.15, 0.2) is 0 Å². The number of aromatic hydroxyl groups is 1. The van der Waals surface area contributed by atoms with Gasteiger partial charge < -0.3 is 19.5 Å². The van der Waals surface area contributed by atoms with Crippen molar-refractivity contribution in [3.05, 3.63) is 95.0 Å². The van der Waals surface area contributed by atoms with Crippen LogP contribution < -0.4 is 0 Å². The predicted octanol–water partition coefficient (Wildman–Crippen LogP) is 4.17. The number of phenols is 1. The van der Waals surface area contributed by atoms with E-state index < -0.39 is 17.7 Å². The topological polar surface area (TPSA) is 91.0 Å². The van der Waals surface area contributed by atoms with Gasteiger partial charge in [0.1, 0.15) is 17.3 Å². The number of aliphatic hydroxyl groups is 1. The van der Waals surface area contributed by atoms with Crippen LogP contribution in [-0.2, 0) is 22.6 Å². The molecule has 1 amide bonds. The van der Waals surface area contributed by atoms with E-state index >= 15 is 0 Å². The third kappa shape index (κ3) is 3.48. The van der Waals surface area contributed by atoms with Crippen molar-refractivity contribution in [2.45, 2.75) is 25.9 Å². The summed E-state index contributed by atoms with van der Waals surface area (Å²) in [6.45, 7) is 2.08. The minimum Gasteiger partial charge on any atom is -0.508 e. The fourth-order valence-electron chi connectivity index (χ4n) is 3.71. The van der Waals surface area contributed by atoms with Crippen molar-refractivity contribution in [3.63, 3.8) is 0 Å². The Balaban J connectivity index is 1.85. The minimum atomic E-state index is -0.854. The molecule has 0 bridgehead atoms. The molecule has 30 heavy (non-hydrogen) atoms. The Labute approximate surface area is 173 Å². The van der Waals surface area contributed by atoms with Gasteiger partial charge >= 0.3 is 0 Å². The van der Waals surface area contributed by atoms with Crippen molar-refractivity contribution >= 4 is 17.4 Å². The van der Waals surface area contributed by atoms with Crippen LogP contribution in [0.3, 0.4) is 0 Å². The zero-order valence-electron chi connectivity index (χ0n) is 16.4. The van der Waals surface area contributed by atoms with Gasteiger partial charge in [-0.2, -0.15) is 0 Å². The average molecular weight is 403 g/mol. The Hall–Kier alpha value is -3.80. The van der Waals surface area contributed by atoms with E-state index in [1.54, 1.807) is 36.4 Å². The lowest BCUT2D eigenvalue weighted by Gasteiger charge is -2.24. The maximum atomic E-state index is 12.9. The molecule has 2 N–H and O–H groups in total. The van der Waals surface area contributed by atoms with E-state index in [1.165, 1.54) is 23.3 Å². The number of rotatable bonds is 5. The first-order valence-electron chi connectivity index (χ1n) is 9.68. The number of Topliss-reactive ketones (excluding diaryl/α,β-unsaturated/α-hetero) is 1. The minimum absolute atomic E-state index is 0.00313. The number of aliphatic hydroxyl groups excluding tert-OH is 1. The fourth-order valence-corrected chi connectivity index (χ4v) is 3.71. The smallest absolute Gasteiger partial charge is 0.296 e. The van der Waals surface area contributed by atoms with Crippen LogP contribution in [0.4, 0.5) is 0 Å². The number of furan rings is 1. The van der Waals surface area contributed by atoms with Crippen LogP contribution >= 0.6 is 0 Å². The van der Waals surface area contributed by atoms with Gasteiger partial charge in [-0.3, -0.25) is 9.59 Å². The molecule has 2 aromatic carbocycles. The predicted molar refractivity (Wildman–Crippen MR) is 110 cm³/mol. The summed E-state index contributed by atoms with van der Waals surface area (Å²) in [7, 11) is 0. The lowest BCUT2D eigenvalue weighted by atomic mass is 9.94. The SMILES string of the molecule is CCc1ccc(/C(O)=C2/C(=O)C(=O)N(Cc3ccco3)C2c2cccc(O)c2)cc1. The number of amides is 1. The molecule has 1 aromatic heterocycles. The molecule has 3 aromatic rings. The molecule has 0 radical (unpaired) electrons. The molecule has 6 heteroatoms. The van der Waals surface area contributed by atoms with Crippen LogP contribution in [0.1, 0.15) is 35.4 Å². The number of hydrogen-bond donors (Lipinski definition) is 2. The van der Waals surface area contributed by atoms with Gasteiger partial charge in [-0.05, 0) is 41.8 Å². The highest BCUT2D eigenvalue weighted by molar-refractivity contribution is 6.46. The number of carbonyl (C=O) groups is 2. The lowest BCUT2D eigenvalue weighted by molar-refractivity contribution is -0.140. The van der Waals surface area contributed by atoms with Crippen LogP contribution in [0.15, 0.2) is 76.9 Å². The number of ketones is 1. The van der Waals surface area contributed by atoms with E-state index in [0.717, 1.165) is 12.0 Å². The van der Waals surface area contributed by atoms with Crippen molar-refractivity contribution in [2.24, 2.45) is 0 Å². The van der Waals surface area contributed by atoms with Crippen LogP contribution in [0, 0.1) is 0 Å². The molecule has 1 atom stereocenters. The van der Waals surface area contributed by atoms with Crippen LogP contribution in [0.2, 0.25) is 0 Å². The highest BCUT2D eigenvalue weighted by Gasteiger charge is 2.46. The number of benzene rings is 2. The molecule has 1 unspecified atom stereocenters. The average Bonchev–Trinajstić information content (AvgIpc) is 3.36. The first kappa shape index (κ1) is 19.5. The Morgan fingerprint density at radius 1 is 1.07 bits per heavy atom. The first-order chi connectivity index (χ1) is 14.5. The van der Waals surface area contributed by atoms with Gasteiger partial charge in [0, 0.05) is 5.56 Å². The molecule has 1 saturated heterocycles. The molecule has 1 aliphatic heterocycles. The second-order valence-electron chi connectivity index (χ2n) is 7.15. The number of hydrogen-bond acceptors (Lipinski definition) is 5. The number of nitrogens with zero attached hydrogens (tertiary/aromatic N) is 1. The summed E-state index contributed by atoms with van der Waals surface area (Å²) >= 11 is 0. The first-order valence-corrected chi connectivity index (χ1v) is 9.68. The molecule has 6 nitrogen and oxygen atoms in total. The summed E-state index contributed by atoms with van der Waals surface area (Å²) in [6, 6.07) is 16.1. The van der Waals surface area contributed by atoms with E-state index in [4.69, 9.17) is 4.42 Å². The largest absolute Gasteiger partial charge is 0.508 e. The molecule has 0 saturated carbocycles. The standard InChI is InChI=1S/C24H21NO5/c1-2-15-8-10-16(11-9-15)22(27)20-21(17-5-3-6-18(26)13-17)25(24(29)23(20)28)14-19-7-4-12-30-19/h3-13,21,26-27H,2,14H2,1H3/b22-20-. The quantitative estimate of drug-likeness (QED) is 0.379. The van der Waals surface area contributed by atoms with Gasteiger partial charge in [0.05, 0.1) is 24.4 Å². The summed E-state index contributed by atoms with van der Waals surface area (Å²) in [6.07, 6.45) is 2.34. The number of aryl methyl sites for hydroxylation is 1. The number of phenolic OH excluding ortho intramolecular Hbond substituents is 1. The van der Waals surface area contributed by atoms with E-state index in [-0.39, 0.29) is 23.6 Å². The zero-order valence-corrected chi connectivity index (χ0v) is 16.4. The van der Waals surface area contributed by atoms with Crippen molar-refractivity contribution in [3.8, 4) is 5.75 Å². The Kier molecular flexibility index (Phi) is 5.14. The maximum Gasteiger partial charge on any atom is 0.296 e. The summed E-state index contributed by atoms with van der Waals surface area (Å²) in [5.74, 6) is -1.23. The van der Waals surface area contributed by atoms with Crippen LogP contribution in [0.5, 0.6) is 5.75 Å². The third-order valence-corrected chi connectivity index (χ3v) is 5.27. The second-order valence-corrected chi connectivity index (χ2v) is 7.15. The Morgan fingerprint density at radius 2 is 1.83 bits per heavy atom. The van der Waals surface area contributed by atoms with Crippen molar-refractivity contribution in [1.29, 1.82) is 0 Å². The normalized spacial score (nSPS) is 18.2. The molecule has 2 heterocycles. The molecule has 0 aliphatic carbocycles. The zero-order chi connectivity index (χ0) is 21.3. The van der Waals surface area contributed by atoms with Gasteiger partial charge in [-0.25, -0.2) is 0 Å². The molecule has 4 rings (SSSR count). The Bertz CT molecular complexity index is 1110. The van der Waals surface area contributed by atoms with Crippen molar-refractivity contribution in [1.82, 2.24) is 4.90 Å². The summed E-state index contributed by atoms with van der Waals surface area (Å²) < 4.78 is 5.36. The molecule has 1 aliphatic rings. The number of carbonyl (C=O) groups excluding carboxylic acids is 2. The van der Waals surface area contributed by atoms with Gasteiger partial charge in [-0.1, -0.05) is 43.3 Å². The summed E-state index contributed by atoms with van der Waals surface area (Å²) in [5.41, 5.74) is 2.05. The monoisotopic (exact) mass is 403 g/mol. The molecular weight excluding hydrogens is 382 g/mol.